The molecule has 1 aromatic carbocycles. The normalized spacial score (nSPS) is 10.5. The quantitative estimate of drug-likeness (QED) is 0.745. The fraction of sp³-hybridized carbons (Fsp3) is 0.353. The third kappa shape index (κ3) is 4.67. The van der Waals surface area contributed by atoms with E-state index in [4.69, 9.17) is 10.5 Å². The molecule has 7 heteroatoms. The van der Waals surface area contributed by atoms with E-state index in [1.165, 1.54) is 0 Å². The van der Waals surface area contributed by atoms with Crippen molar-refractivity contribution in [3.63, 3.8) is 0 Å². The number of nitrogens with zero attached hydrogens (tertiary/aromatic N) is 3. The summed E-state index contributed by atoms with van der Waals surface area (Å²) in [7, 11) is 0. The van der Waals surface area contributed by atoms with Gasteiger partial charge in [-0.15, -0.1) is 10.2 Å². The minimum absolute atomic E-state index is 0.157. The molecular weight excluding hydrogens is 372 g/mol. The molecule has 24 heavy (non-hydrogen) atoms. The minimum atomic E-state index is -0.584. The summed E-state index contributed by atoms with van der Waals surface area (Å²) in [6.45, 7) is 6.15. The predicted molar refractivity (Wildman–Crippen MR) is 97.2 cm³/mol. The number of hydrogen-bond acceptors (Lipinski definition) is 5. The summed E-state index contributed by atoms with van der Waals surface area (Å²) in [6.07, 6.45) is 0.951. The van der Waals surface area contributed by atoms with E-state index in [0.717, 1.165) is 28.8 Å². The molecule has 0 saturated carbocycles. The van der Waals surface area contributed by atoms with Crippen LogP contribution < -0.4 is 15.4 Å². The first-order valence-corrected chi connectivity index (χ1v) is 8.64. The highest BCUT2D eigenvalue weighted by molar-refractivity contribution is 9.10. The predicted octanol–water partition coefficient (Wildman–Crippen LogP) is 3.15. The molecule has 2 aromatic rings. The molecule has 1 amide bonds. The number of ether oxygens (including phenoxy) is 1. The Hall–Kier alpha value is -2.15. The SMILES string of the molecule is CCCOc1ccc(Br)cc1CN(CC)c1ccc(C(N)=O)nn1. The highest BCUT2D eigenvalue weighted by Crippen LogP contribution is 2.26. The van der Waals surface area contributed by atoms with Gasteiger partial charge in [-0.3, -0.25) is 4.79 Å². The Morgan fingerprint density at radius 1 is 1.25 bits per heavy atom. The lowest BCUT2D eigenvalue weighted by molar-refractivity contribution is 0.0994. The van der Waals surface area contributed by atoms with Gasteiger partial charge in [-0.05, 0) is 43.7 Å². The zero-order valence-electron chi connectivity index (χ0n) is 13.8. The van der Waals surface area contributed by atoms with Gasteiger partial charge in [0.15, 0.2) is 11.5 Å². The van der Waals surface area contributed by atoms with Crippen LogP contribution in [0.1, 0.15) is 36.3 Å². The summed E-state index contributed by atoms with van der Waals surface area (Å²) < 4.78 is 6.82. The van der Waals surface area contributed by atoms with Crippen LogP contribution in [-0.2, 0) is 6.54 Å². The van der Waals surface area contributed by atoms with Gasteiger partial charge >= 0.3 is 0 Å². The Morgan fingerprint density at radius 2 is 2.04 bits per heavy atom. The molecule has 0 radical (unpaired) electrons. The molecule has 2 N–H and O–H groups in total. The minimum Gasteiger partial charge on any atom is -0.493 e. The molecule has 0 aliphatic carbocycles. The highest BCUT2D eigenvalue weighted by atomic mass is 79.9. The van der Waals surface area contributed by atoms with Crippen LogP contribution in [-0.4, -0.2) is 29.3 Å². The van der Waals surface area contributed by atoms with Crippen LogP contribution in [0.5, 0.6) is 5.75 Å². The number of primary amides is 1. The molecule has 0 aliphatic heterocycles. The lowest BCUT2D eigenvalue weighted by Gasteiger charge is -2.23. The molecule has 0 saturated heterocycles. The third-order valence-electron chi connectivity index (χ3n) is 3.45. The van der Waals surface area contributed by atoms with Gasteiger partial charge in [-0.2, -0.15) is 0 Å². The Kier molecular flexibility index (Phi) is 6.54. The molecule has 0 atom stereocenters. The second kappa shape index (κ2) is 8.63. The van der Waals surface area contributed by atoms with Crippen molar-refractivity contribution in [1.82, 2.24) is 10.2 Å². The zero-order chi connectivity index (χ0) is 17.5. The number of aromatic nitrogens is 2. The summed E-state index contributed by atoms with van der Waals surface area (Å²) >= 11 is 3.50. The number of rotatable bonds is 8. The number of nitrogens with two attached hydrogens (primary N) is 1. The average molecular weight is 393 g/mol. The standard InChI is InChI=1S/C17H21BrN4O2/c1-3-9-24-15-7-5-13(18)10-12(15)11-22(4-2)16-8-6-14(17(19)23)20-21-16/h5-8,10H,3-4,9,11H2,1-2H3,(H2,19,23). The first kappa shape index (κ1) is 18.2. The van der Waals surface area contributed by atoms with Crippen molar-refractivity contribution in [2.45, 2.75) is 26.8 Å². The van der Waals surface area contributed by atoms with Crippen LogP contribution in [0.25, 0.3) is 0 Å². The number of anilines is 1. The van der Waals surface area contributed by atoms with Crippen LogP contribution >= 0.6 is 15.9 Å². The summed E-state index contributed by atoms with van der Waals surface area (Å²) in [5.41, 5.74) is 6.41. The maximum absolute atomic E-state index is 11.1. The van der Waals surface area contributed by atoms with Gasteiger partial charge < -0.3 is 15.4 Å². The van der Waals surface area contributed by atoms with Crippen molar-refractivity contribution >= 4 is 27.7 Å². The van der Waals surface area contributed by atoms with E-state index in [-0.39, 0.29) is 5.69 Å². The van der Waals surface area contributed by atoms with Crippen molar-refractivity contribution in [3.8, 4) is 5.75 Å². The van der Waals surface area contributed by atoms with Gasteiger partial charge in [-0.1, -0.05) is 22.9 Å². The lowest BCUT2D eigenvalue weighted by Crippen LogP contribution is -2.24. The first-order chi connectivity index (χ1) is 11.5. The maximum Gasteiger partial charge on any atom is 0.269 e. The van der Waals surface area contributed by atoms with E-state index in [1.54, 1.807) is 12.1 Å². The molecule has 2 rings (SSSR count). The monoisotopic (exact) mass is 392 g/mol. The van der Waals surface area contributed by atoms with Gasteiger partial charge in [0, 0.05) is 23.1 Å². The van der Waals surface area contributed by atoms with E-state index in [1.807, 2.05) is 25.1 Å². The van der Waals surface area contributed by atoms with Gasteiger partial charge in [0.2, 0.25) is 0 Å². The van der Waals surface area contributed by atoms with Gasteiger partial charge in [-0.25, -0.2) is 0 Å². The summed E-state index contributed by atoms with van der Waals surface area (Å²) in [5.74, 6) is 0.962. The molecular formula is C17H21BrN4O2. The number of amides is 1. The summed E-state index contributed by atoms with van der Waals surface area (Å²) in [6, 6.07) is 9.31. The topological polar surface area (TPSA) is 81.3 Å². The van der Waals surface area contributed by atoms with Crippen molar-refractivity contribution in [2.75, 3.05) is 18.1 Å². The highest BCUT2D eigenvalue weighted by Gasteiger charge is 2.13. The van der Waals surface area contributed by atoms with Gasteiger partial charge in [0.05, 0.1) is 6.61 Å². The van der Waals surface area contributed by atoms with E-state index in [2.05, 4.69) is 38.0 Å². The number of hydrogen-bond donors (Lipinski definition) is 1. The second-order valence-corrected chi connectivity index (χ2v) is 6.17. The average Bonchev–Trinajstić information content (AvgIpc) is 2.59. The van der Waals surface area contributed by atoms with Crippen LogP contribution in [0.15, 0.2) is 34.8 Å². The number of carbonyl (C=O) groups excluding carboxylic acids is 1. The number of benzene rings is 1. The molecule has 1 aromatic heterocycles. The van der Waals surface area contributed by atoms with Crippen LogP contribution in [0.3, 0.4) is 0 Å². The lowest BCUT2D eigenvalue weighted by atomic mass is 10.2. The Labute approximate surface area is 150 Å². The molecule has 6 nitrogen and oxygen atoms in total. The third-order valence-corrected chi connectivity index (χ3v) is 3.95. The second-order valence-electron chi connectivity index (χ2n) is 5.26. The molecule has 0 spiro atoms. The smallest absolute Gasteiger partial charge is 0.269 e. The molecule has 0 fully saturated rings. The zero-order valence-corrected chi connectivity index (χ0v) is 15.4. The number of halogens is 1. The van der Waals surface area contributed by atoms with Gasteiger partial charge in [0.1, 0.15) is 5.75 Å². The molecule has 1 heterocycles. The maximum atomic E-state index is 11.1. The molecule has 0 bridgehead atoms. The Balaban J connectivity index is 2.23. The van der Waals surface area contributed by atoms with Gasteiger partial charge in [0.25, 0.3) is 5.91 Å². The summed E-state index contributed by atoms with van der Waals surface area (Å²) in [5, 5.41) is 7.98. The fourth-order valence-corrected chi connectivity index (χ4v) is 2.62. The van der Waals surface area contributed by atoms with E-state index < -0.39 is 5.91 Å². The van der Waals surface area contributed by atoms with E-state index in [9.17, 15) is 4.79 Å². The van der Waals surface area contributed by atoms with Crippen LogP contribution in [0.4, 0.5) is 5.82 Å². The Morgan fingerprint density at radius 3 is 2.62 bits per heavy atom. The Bertz CT molecular complexity index is 691. The van der Waals surface area contributed by atoms with Crippen molar-refractivity contribution in [3.05, 3.63) is 46.1 Å². The first-order valence-electron chi connectivity index (χ1n) is 7.84. The molecule has 0 unspecified atom stereocenters. The van der Waals surface area contributed by atoms with Crippen molar-refractivity contribution < 1.29 is 9.53 Å². The number of carbonyl (C=O) groups is 1. The molecule has 0 aliphatic rings. The summed E-state index contributed by atoms with van der Waals surface area (Å²) in [4.78, 5) is 13.2. The van der Waals surface area contributed by atoms with E-state index in [0.29, 0.717) is 19.0 Å². The van der Waals surface area contributed by atoms with Crippen LogP contribution in [0.2, 0.25) is 0 Å². The van der Waals surface area contributed by atoms with E-state index >= 15 is 0 Å². The van der Waals surface area contributed by atoms with Crippen molar-refractivity contribution in [1.29, 1.82) is 0 Å². The van der Waals surface area contributed by atoms with Crippen LogP contribution in [0, 0.1) is 0 Å². The largest absolute Gasteiger partial charge is 0.493 e. The van der Waals surface area contributed by atoms with Crippen molar-refractivity contribution in [2.24, 2.45) is 5.73 Å². The molecule has 128 valence electrons. The fourth-order valence-electron chi connectivity index (χ4n) is 2.21.